The quantitative estimate of drug-likeness (QED) is 0.744. The second kappa shape index (κ2) is 5.75. The minimum absolute atomic E-state index is 0.0994. The van der Waals surface area contributed by atoms with Gasteiger partial charge in [0.2, 0.25) is 0 Å². The lowest BCUT2D eigenvalue weighted by molar-refractivity contribution is 0.186. The van der Waals surface area contributed by atoms with E-state index in [4.69, 9.17) is 4.74 Å². The summed E-state index contributed by atoms with van der Waals surface area (Å²) in [5, 5.41) is 2.46. The standard InChI is InChI=1S/C15H13FN2O2S/c1-20-7-6-18-9-17-14-13(15(18)19)12(8-21-14)10-2-4-11(16)5-3-10/h2-5,8-9H,6-7H2,1H3. The van der Waals surface area contributed by atoms with E-state index in [1.165, 1.54) is 34.4 Å². The third-order valence-corrected chi connectivity index (χ3v) is 4.14. The van der Waals surface area contributed by atoms with Gasteiger partial charge in [-0.15, -0.1) is 11.3 Å². The molecule has 0 N–H and O–H groups in total. The summed E-state index contributed by atoms with van der Waals surface area (Å²) in [6.07, 6.45) is 1.54. The molecule has 0 saturated heterocycles. The van der Waals surface area contributed by atoms with Crippen molar-refractivity contribution in [2.75, 3.05) is 13.7 Å². The van der Waals surface area contributed by atoms with Crippen molar-refractivity contribution in [2.24, 2.45) is 0 Å². The highest BCUT2D eigenvalue weighted by atomic mass is 32.1. The molecule has 0 aliphatic rings. The van der Waals surface area contributed by atoms with E-state index < -0.39 is 0 Å². The average molecular weight is 304 g/mol. The van der Waals surface area contributed by atoms with E-state index in [1.807, 2.05) is 5.38 Å². The van der Waals surface area contributed by atoms with Gasteiger partial charge >= 0.3 is 0 Å². The first-order valence-corrected chi connectivity index (χ1v) is 7.30. The molecule has 0 fully saturated rings. The molecule has 3 aromatic rings. The van der Waals surface area contributed by atoms with Crippen molar-refractivity contribution in [3.63, 3.8) is 0 Å². The molecule has 0 unspecified atom stereocenters. The maximum atomic E-state index is 13.0. The summed E-state index contributed by atoms with van der Waals surface area (Å²) in [5.41, 5.74) is 1.50. The number of rotatable bonds is 4. The summed E-state index contributed by atoms with van der Waals surface area (Å²) in [6, 6.07) is 6.11. The Hall–Kier alpha value is -2.05. The number of benzene rings is 1. The summed E-state index contributed by atoms with van der Waals surface area (Å²) >= 11 is 1.41. The van der Waals surface area contributed by atoms with E-state index >= 15 is 0 Å². The van der Waals surface area contributed by atoms with E-state index in [1.54, 1.807) is 19.2 Å². The molecule has 108 valence electrons. The molecule has 0 atom stereocenters. The Bertz CT molecular complexity index is 824. The Kier molecular flexibility index (Phi) is 3.81. The van der Waals surface area contributed by atoms with Gasteiger partial charge in [-0.3, -0.25) is 9.36 Å². The van der Waals surface area contributed by atoms with Crippen LogP contribution in [0.15, 0.2) is 40.8 Å². The van der Waals surface area contributed by atoms with Gasteiger partial charge in [-0.1, -0.05) is 12.1 Å². The van der Waals surface area contributed by atoms with Crippen LogP contribution in [-0.4, -0.2) is 23.3 Å². The molecule has 0 aliphatic carbocycles. The number of aromatic nitrogens is 2. The summed E-state index contributed by atoms with van der Waals surface area (Å²) in [7, 11) is 1.59. The van der Waals surface area contributed by atoms with Crippen LogP contribution in [0.4, 0.5) is 4.39 Å². The predicted octanol–water partition coefficient (Wildman–Crippen LogP) is 2.91. The lowest BCUT2D eigenvalue weighted by Crippen LogP contribution is -2.22. The molecule has 0 spiro atoms. The monoisotopic (exact) mass is 304 g/mol. The zero-order valence-corrected chi connectivity index (χ0v) is 12.2. The third-order valence-electron chi connectivity index (χ3n) is 3.25. The van der Waals surface area contributed by atoms with Crippen molar-refractivity contribution in [2.45, 2.75) is 6.54 Å². The fraction of sp³-hybridized carbons (Fsp3) is 0.200. The Balaban J connectivity index is 2.15. The topological polar surface area (TPSA) is 44.1 Å². The van der Waals surface area contributed by atoms with Gasteiger partial charge < -0.3 is 4.74 Å². The van der Waals surface area contributed by atoms with E-state index in [0.29, 0.717) is 23.4 Å². The number of hydrogen-bond donors (Lipinski definition) is 0. The average Bonchev–Trinajstić information content (AvgIpc) is 2.92. The van der Waals surface area contributed by atoms with Crippen LogP contribution in [0.25, 0.3) is 21.3 Å². The Labute approximate surface area is 124 Å². The van der Waals surface area contributed by atoms with Crippen molar-refractivity contribution in [3.05, 3.63) is 52.1 Å². The number of hydrogen-bond acceptors (Lipinski definition) is 4. The molecule has 0 aliphatic heterocycles. The Morgan fingerprint density at radius 3 is 2.81 bits per heavy atom. The number of nitrogens with zero attached hydrogens (tertiary/aromatic N) is 2. The van der Waals surface area contributed by atoms with Gasteiger partial charge in [0.1, 0.15) is 10.6 Å². The SMILES string of the molecule is COCCn1cnc2scc(-c3ccc(F)cc3)c2c1=O. The van der Waals surface area contributed by atoms with Crippen LogP contribution in [-0.2, 0) is 11.3 Å². The molecule has 3 rings (SSSR count). The minimum Gasteiger partial charge on any atom is -0.383 e. The first kappa shape index (κ1) is 13.9. The highest BCUT2D eigenvalue weighted by Gasteiger charge is 2.13. The lowest BCUT2D eigenvalue weighted by atomic mass is 10.1. The van der Waals surface area contributed by atoms with Crippen LogP contribution in [0.5, 0.6) is 0 Å². The van der Waals surface area contributed by atoms with Gasteiger partial charge in [-0.25, -0.2) is 9.37 Å². The van der Waals surface area contributed by atoms with E-state index in [9.17, 15) is 9.18 Å². The number of fused-ring (bicyclic) bond motifs is 1. The molecule has 2 aromatic heterocycles. The number of thiophene rings is 1. The van der Waals surface area contributed by atoms with Crippen LogP contribution in [0.1, 0.15) is 0 Å². The second-order valence-electron chi connectivity index (χ2n) is 4.57. The lowest BCUT2D eigenvalue weighted by Gasteiger charge is -2.05. The van der Waals surface area contributed by atoms with Crippen molar-refractivity contribution in [1.82, 2.24) is 9.55 Å². The largest absolute Gasteiger partial charge is 0.383 e. The summed E-state index contributed by atoms with van der Waals surface area (Å²) in [6.45, 7) is 0.903. The molecule has 0 bridgehead atoms. The normalized spacial score (nSPS) is 11.1. The van der Waals surface area contributed by atoms with Gasteiger partial charge in [0.05, 0.1) is 24.9 Å². The van der Waals surface area contributed by atoms with Crippen LogP contribution in [0, 0.1) is 5.82 Å². The van der Waals surface area contributed by atoms with Crippen molar-refractivity contribution in [1.29, 1.82) is 0 Å². The maximum absolute atomic E-state index is 13.0. The summed E-state index contributed by atoms with van der Waals surface area (Å²) in [4.78, 5) is 17.6. The zero-order chi connectivity index (χ0) is 14.8. The van der Waals surface area contributed by atoms with Crippen molar-refractivity contribution in [3.8, 4) is 11.1 Å². The minimum atomic E-state index is -0.297. The van der Waals surface area contributed by atoms with Gasteiger partial charge in [0, 0.05) is 18.1 Å². The number of halogens is 1. The zero-order valence-electron chi connectivity index (χ0n) is 11.4. The van der Waals surface area contributed by atoms with Gasteiger partial charge in [-0.2, -0.15) is 0 Å². The Morgan fingerprint density at radius 1 is 1.33 bits per heavy atom. The molecular formula is C15H13FN2O2S. The fourth-order valence-electron chi connectivity index (χ4n) is 2.16. The first-order valence-electron chi connectivity index (χ1n) is 6.42. The van der Waals surface area contributed by atoms with E-state index in [-0.39, 0.29) is 11.4 Å². The van der Waals surface area contributed by atoms with Crippen LogP contribution < -0.4 is 5.56 Å². The molecule has 0 saturated carbocycles. The number of methoxy groups -OCH3 is 1. The number of ether oxygens (including phenoxy) is 1. The molecule has 2 heterocycles. The van der Waals surface area contributed by atoms with Crippen molar-refractivity contribution >= 4 is 21.6 Å². The van der Waals surface area contributed by atoms with Crippen molar-refractivity contribution < 1.29 is 9.13 Å². The molecule has 4 nitrogen and oxygen atoms in total. The predicted molar refractivity (Wildman–Crippen MR) is 81.2 cm³/mol. The molecule has 6 heteroatoms. The Morgan fingerprint density at radius 2 is 2.10 bits per heavy atom. The molecular weight excluding hydrogens is 291 g/mol. The first-order chi connectivity index (χ1) is 10.2. The van der Waals surface area contributed by atoms with E-state index in [2.05, 4.69) is 4.98 Å². The summed E-state index contributed by atoms with van der Waals surface area (Å²) < 4.78 is 19.6. The molecule has 0 radical (unpaired) electrons. The fourth-order valence-corrected chi connectivity index (χ4v) is 3.06. The van der Waals surface area contributed by atoms with E-state index in [0.717, 1.165) is 11.1 Å². The van der Waals surface area contributed by atoms with Crippen LogP contribution in [0.3, 0.4) is 0 Å². The van der Waals surface area contributed by atoms with Gasteiger partial charge in [-0.05, 0) is 17.7 Å². The second-order valence-corrected chi connectivity index (χ2v) is 5.43. The van der Waals surface area contributed by atoms with Gasteiger partial charge in [0.15, 0.2) is 0 Å². The molecule has 0 amide bonds. The third kappa shape index (κ3) is 2.59. The molecule has 1 aromatic carbocycles. The highest BCUT2D eigenvalue weighted by molar-refractivity contribution is 7.17. The smallest absolute Gasteiger partial charge is 0.262 e. The maximum Gasteiger partial charge on any atom is 0.262 e. The van der Waals surface area contributed by atoms with Crippen LogP contribution in [0.2, 0.25) is 0 Å². The summed E-state index contributed by atoms with van der Waals surface area (Å²) in [5.74, 6) is -0.297. The molecule has 21 heavy (non-hydrogen) atoms. The highest BCUT2D eigenvalue weighted by Crippen LogP contribution is 2.30. The van der Waals surface area contributed by atoms with Gasteiger partial charge in [0.25, 0.3) is 5.56 Å². The van der Waals surface area contributed by atoms with Crippen LogP contribution >= 0.6 is 11.3 Å².